The zero-order valence-electron chi connectivity index (χ0n) is 19.3. The minimum absolute atomic E-state index is 0.0648. The van der Waals surface area contributed by atoms with Crippen molar-refractivity contribution >= 4 is 23.1 Å². The maximum atomic E-state index is 12.4. The Bertz CT molecular complexity index is 1630. The highest BCUT2D eigenvalue weighted by atomic mass is 16.3. The van der Waals surface area contributed by atoms with Crippen molar-refractivity contribution in [2.45, 2.75) is 6.92 Å². The van der Waals surface area contributed by atoms with E-state index in [2.05, 4.69) is 0 Å². The number of ketones is 4. The van der Waals surface area contributed by atoms with E-state index in [4.69, 9.17) is 0 Å². The molecule has 8 nitrogen and oxygen atoms in total. The van der Waals surface area contributed by atoms with Gasteiger partial charge in [0.1, 0.15) is 23.0 Å². The number of aryl methyl sites for hydroxylation is 1. The van der Waals surface area contributed by atoms with Crippen LogP contribution >= 0.6 is 0 Å². The van der Waals surface area contributed by atoms with E-state index >= 15 is 0 Å². The maximum Gasteiger partial charge on any atom is 0.201 e. The van der Waals surface area contributed by atoms with Crippen LogP contribution in [0.4, 0.5) is 0 Å². The zero-order chi connectivity index (χ0) is 26.6. The van der Waals surface area contributed by atoms with Crippen molar-refractivity contribution in [2.75, 3.05) is 0 Å². The van der Waals surface area contributed by atoms with Crippen LogP contribution in [0, 0.1) is 6.92 Å². The lowest BCUT2D eigenvalue weighted by molar-refractivity contribution is 0.0974. The van der Waals surface area contributed by atoms with Crippen molar-refractivity contribution in [2.24, 2.45) is 0 Å². The van der Waals surface area contributed by atoms with Gasteiger partial charge in [0, 0.05) is 33.9 Å². The second kappa shape index (κ2) is 8.46. The first-order valence-electron chi connectivity index (χ1n) is 11.1. The first-order chi connectivity index (χ1) is 17.6. The summed E-state index contributed by atoms with van der Waals surface area (Å²) in [4.78, 5) is 49.0. The third-order valence-corrected chi connectivity index (χ3v) is 6.24. The normalized spacial score (nSPS) is 13.1. The van der Waals surface area contributed by atoms with E-state index < -0.39 is 17.3 Å². The molecule has 0 amide bonds. The second-order valence-electron chi connectivity index (χ2n) is 8.66. The van der Waals surface area contributed by atoms with E-state index in [1.165, 1.54) is 18.2 Å². The summed E-state index contributed by atoms with van der Waals surface area (Å²) >= 11 is 0. The van der Waals surface area contributed by atoms with Crippen molar-refractivity contribution in [3.63, 3.8) is 0 Å². The Kier molecular flexibility index (Phi) is 5.37. The van der Waals surface area contributed by atoms with Crippen LogP contribution in [-0.4, -0.2) is 43.6 Å². The van der Waals surface area contributed by atoms with Gasteiger partial charge in [0.2, 0.25) is 5.78 Å². The molecule has 4 aromatic carbocycles. The Balaban J connectivity index is 0.000000153. The van der Waals surface area contributed by atoms with Crippen molar-refractivity contribution in [3.05, 3.63) is 117 Å². The standard InChI is InChI=1S/C15H10O5.C14H8O3/c1-6-2-8-12(10(17)3-6)15(20)13-9(14(8)19)4-7(16)5-11(13)18;15-11-7-3-6-10-12(11)14(17)9-5-2-1-4-8(9)13(10)16/h2-5,16-18H,1H3;1-7,15H. The Morgan fingerprint density at radius 3 is 1.65 bits per heavy atom. The van der Waals surface area contributed by atoms with Gasteiger partial charge in [-0.3, -0.25) is 19.2 Å². The first kappa shape index (κ1) is 23.5. The fourth-order valence-electron chi connectivity index (χ4n) is 4.61. The van der Waals surface area contributed by atoms with Crippen molar-refractivity contribution in [3.8, 4) is 23.0 Å². The third kappa shape index (κ3) is 3.63. The number of fused-ring (bicyclic) bond motifs is 4. The molecule has 0 fully saturated rings. The van der Waals surface area contributed by atoms with Crippen LogP contribution in [0.2, 0.25) is 0 Å². The van der Waals surface area contributed by atoms with Gasteiger partial charge in [-0.25, -0.2) is 0 Å². The van der Waals surface area contributed by atoms with E-state index in [0.29, 0.717) is 16.7 Å². The molecular formula is C29H18O8. The molecule has 0 radical (unpaired) electrons. The van der Waals surface area contributed by atoms with Crippen LogP contribution in [0.15, 0.2) is 66.7 Å². The highest BCUT2D eigenvalue weighted by Gasteiger charge is 2.35. The number of rotatable bonds is 0. The van der Waals surface area contributed by atoms with E-state index in [1.54, 1.807) is 43.3 Å². The predicted molar refractivity (Wildman–Crippen MR) is 131 cm³/mol. The summed E-state index contributed by atoms with van der Waals surface area (Å²) in [6, 6.07) is 16.2. The molecule has 2 aliphatic rings. The molecular weight excluding hydrogens is 476 g/mol. The molecule has 182 valence electrons. The highest BCUT2D eigenvalue weighted by Crippen LogP contribution is 2.39. The van der Waals surface area contributed by atoms with E-state index in [1.807, 2.05) is 0 Å². The number of aromatic hydroxyl groups is 4. The average Bonchev–Trinajstić information content (AvgIpc) is 2.85. The lowest BCUT2D eigenvalue weighted by atomic mass is 9.82. The van der Waals surface area contributed by atoms with E-state index in [0.717, 1.165) is 12.1 Å². The number of benzene rings is 4. The highest BCUT2D eigenvalue weighted by molar-refractivity contribution is 6.30. The van der Waals surface area contributed by atoms with Crippen LogP contribution in [0.3, 0.4) is 0 Å². The number of hydrogen-bond acceptors (Lipinski definition) is 8. The number of phenolic OH excluding ortho intramolecular Hbond substituents is 4. The molecule has 0 atom stereocenters. The molecule has 0 aromatic heterocycles. The van der Waals surface area contributed by atoms with Crippen LogP contribution < -0.4 is 0 Å². The molecule has 0 heterocycles. The molecule has 0 spiro atoms. The molecule has 4 N–H and O–H groups in total. The topological polar surface area (TPSA) is 149 Å². The number of carbonyl (C=O) groups is 4. The predicted octanol–water partition coefficient (Wildman–Crippen LogP) is 4.05. The molecule has 8 heteroatoms. The monoisotopic (exact) mass is 494 g/mol. The lowest BCUT2D eigenvalue weighted by Crippen LogP contribution is -2.21. The molecule has 2 aliphatic carbocycles. The molecule has 4 aromatic rings. The quantitative estimate of drug-likeness (QED) is 0.247. The van der Waals surface area contributed by atoms with Gasteiger partial charge in [0.15, 0.2) is 17.3 Å². The summed E-state index contributed by atoms with van der Waals surface area (Å²) in [5.74, 6) is -2.89. The van der Waals surface area contributed by atoms with Gasteiger partial charge >= 0.3 is 0 Å². The van der Waals surface area contributed by atoms with Gasteiger partial charge in [-0.2, -0.15) is 0 Å². The summed E-state index contributed by atoms with van der Waals surface area (Å²) in [5.41, 5.74) is 1.46. The Morgan fingerprint density at radius 1 is 0.459 bits per heavy atom. The maximum absolute atomic E-state index is 12.4. The Morgan fingerprint density at radius 2 is 0.973 bits per heavy atom. The minimum atomic E-state index is -0.635. The molecule has 0 aliphatic heterocycles. The summed E-state index contributed by atoms with van der Waals surface area (Å²) in [6.45, 7) is 1.69. The summed E-state index contributed by atoms with van der Waals surface area (Å²) in [6.07, 6.45) is 0. The third-order valence-electron chi connectivity index (χ3n) is 6.24. The number of hydrogen-bond donors (Lipinski definition) is 4. The average molecular weight is 494 g/mol. The second-order valence-corrected chi connectivity index (χ2v) is 8.66. The van der Waals surface area contributed by atoms with Gasteiger partial charge in [-0.1, -0.05) is 36.4 Å². The van der Waals surface area contributed by atoms with Gasteiger partial charge < -0.3 is 20.4 Å². The van der Waals surface area contributed by atoms with Gasteiger partial charge in [-0.05, 0) is 36.8 Å². The number of phenols is 4. The van der Waals surface area contributed by atoms with Gasteiger partial charge in [-0.15, -0.1) is 0 Å². The fraction of sp³-hybridized carbons (Fsp3) is 0.0345. The fourth-order valence-corrected chi connectivity index (χ4v) is 4.61. The summed E-state index contributed by atoms with van der Waals surface area (Å²) in [7, 11) is 0. The van der Waals surface area contributed by atoms with Crippen molar-refractivity contribution in [1.82, 2.24) is 0 Å². The molecule has 0 saturated heterocycles. The molecule has 6 rings (SSSR count). The molecule has 0 saturated carbocycles. The molecule has 0 unspecified atom stereocenters. The molecule has 37 heavy (non-hydrogen) atoms. The van der Waals surface area contributed by atoms with E-state index in [9.17, 15) is 39.6 Å². The summed E-state index contributed by atoms with van der Waals surface area (Å²) in [5, 5.41) is 38.8. The van der Waals surface area contributed by atoms with Crippen LogP contribution in [-0.2, 0) is 0 Å². The minimum Gasteiger partial charge on any atom is -0.508 e. The Labute approximate surface area is 209 Å². The molecule has 0 bridgehead atoms. The van der Waals surface area contributed by atoms with Gasteiger partial charge in [0.25, 0.3) is 0 Å². The van der Waals surface area contributed by atoms with E-state index in [-0.39, 0.29) is 62.2 Å². The first-order valence-corrected chi connectivity index (χ1v) is 11.1. The van der Waals surface area contributed by atoms with Crippen molar-refractivity contribution < 1.29 is 39.6 Å². The van der Waals surface area contributed by atoms with Crippen molar-refractivity contribution in [1.29, 1.82) is 0 Å². The zero-order valence-corrected chi connectivity index (χ0v) is 19.3. The number of carbonyl (C=O) groups excluding carboxylic acids is 4. The lowest BCUT2D eigenvalue weighted by Gasteiger charge is -2.19. The van der Waals surface area contributed by atoms with Crippen LogP contribution in [0.1, 0.15) is 69.2 Å². The van der Waals surface area contributed by atoms with Crippen LogP contribution in [0.25, 0.3) is 0 Å². The summed E-state index contributed by atoms with van der Waals surface area (Å²) < 4.78 is 0. The smallest absolute Gasteiger partial charge is 0.201 e. The SMILES string of the molecule is Cc1cc(O)c2c(c1)C(=O)c1cc(O)cc(O)c1C2=O.O=C1c2ccccc2C(=O)c2c(O)cccc21. The largest absolute Gasteiger partial charge is 0.508 e. The van der Waals surface area contributed by atoms with Crippen LogP contribution in [0.5, 0.6) is 23.0 Å². The van der Waals surface area contributed by atoms with Gasteiger partial charge in [0.05, 0.1) is 16.7 Å². The Hall–Kier alpha value is -5.24.